The smallest absolute Gasteiger partial charge is 0.166 e. The van der Waals surface area contributed by atoms with E-state index in [0.717, 1.165) is 25.9 Å². The molecular formula is C16H21N3O3. The van der Waals surface area contributed by atoms with Crippen LogP contribution in [0.5, 0.6) is 11.5 Å². The molecule has 118 valence electrons. The average Bonchev–Trinajstić information content (AvgIpc) is 2.55. The summed E-state index contributed by atoms with van der Waals surface area (Å²) in [5, 5.41) is 10.0. The predicted octanol–water partition coefficient (Wildman–Crippen LogP) is 2.83. The van der Waals surface area contributed by atoms with Crippen LogP contribution in [-0.2, 0) is 4.74 Å². The summed E-state index contributed by atoms with van der Waals surface area (Å²) in [5.74, 6) is 1.13. The van der Waals surface area contributed by atoms with Gasteiger partial charge in [-0.2, -0.15) is 0 Å². The van der Waals surface area contributed by atoms with Crippen molar-refractivity contribution in [3.05, 3.63) is 30.9 Å². The zero-order chi connectivity index (χ0) is 15.6. The maximum Gasteiger partial charge on any atom is 0.166 e. The summed E-state index contributed by atoms with van der Waals surface area (Å²) in [6.45, 7) is 4.18. The largest absolute Gasteiger partial charge is 0.507 e. The lowest BCUT2D eigenvalue weighted by molar-refractivity contribution is 0.117. The molecule has 0 fully saturated rings. The quantitative estimate of drug-likeness (QED) is 0.718. The zero-order valence-corrected chi connectivity index (χ0v) is 12.7. The van der Waals surface area contributed by atoms with Gasteiger partial charge in [0.15, 0.2) is 5.82 Å². The van der Waals surface area contributed by atoms with Gasteiger partial charge in [-0.15, -0.1) is 0 Å². The maximum atomic E-state index is 10.0. The Labute approximate surface area is 130 Å². The van der Waals surface area contributed by atoms with Gasteiger partial charge in [-0.1, -0.05) is 13.3 Å². The SMILES string of the molecule is CCCCOCCCOc1ccc(-c2ncncn2)c(O)c1. The van der Waals surface area contributed by atoms with E-state index in [0.29, 0.717) is 30.4 Å². The van der Waals surface area contributed by atoms with Crippen LogP contribution in [0.4, 0.5) is 0 Å². The number of phenols is 1. The van der Waals surface area contributed by atoms with Crippen LogP contribution in [0.25, 0.3) is 11.4 Å². The van der Waals surface area contributed by atoms with E-state index in [-0.39, 0.29) is 5.75 Å². The second kappa shape index (κ2) is 8.94. The molecule has 1 aromatic carbocycles. The van der Waals surface area contributed by atoms with Gasteiger partial charge < -0.3 is 14.6 Å². The van der Waals surface area contributed by atoms with Crippen LogP contribution in [0.15, 0.2) is 30.9 Å². The van der Waals surface area contributed by atoms with Crippen molar-refractivity contribution in [3.8, 4) is 22.9 Å². The molecule has 22 heavy (non-hydrogen) atoms. The number of unbranched alkanes of at least 4 members (excludes halogenated alkanes) is 1. The Hall–Kier alpha value is -2.21. The van der Waals surface area contributed by atoms with Gasteiger partial charge in [-0.25, -0.2) is 15.0 Å². The van der Waals surface area contributed by atoms with Crippen molar-refractivity contribution in [1.82, 2.24) is 15.0 Å². The zero-order valence-electron chi connectivity index (χ0n) is 12.7. The first-order chi connectivity index (χ1) is 10.8. The Morgan fingerprint density at radius 1 is 1.05 bits per heavy atom. The first-order valence-corrected chi connectivity index (χ1v) is 7.47. The van der Waals surface area contributed by atoms with Crippen molar-refractivity contribution in [2.45, 2.75) is 26.2 Å². The lowest BCUT2D eigenvalue weighted by Crippen LogP contribution is -2.04. The first kappa shape index (κ1) is 16.2. The molecule has 0 radical (unpaired) electrons. The van der Waals surface area contributed by atoms with E-state index < -0.39 is 0 Å². The normalized spacial score (nSPS) is 10.6. The molecule has 0 unspecified atom stereocenters. The summed E-state index contributed by atoms with van der Waals surface area (Å²) in [6, 6.07) is 5.09. The molecule has 0 atom stereocenters. The van der Waals surface area contributed by atoms with Crippen LogP contribution >= 0.6 is 0 Å². The Morgan fingerprint density at radius 3 is 2.55 bits per heavy atom. The predicted molar refractivity (Wildman–Crippen MR) is 82.8 cm³/mol. The Balaban J connectivity index is 1.80. The average molecular weight is 303 g/mol. The van der Waals surface area contributed by atoms with E-state index in [1.165, 1.54) is 12.7 Å². The summed E-state index contributed by atoms with van der Waals surface area (Å²) >= 11 is 0. The van der Waals surface area contributed by atoms with Gasteiger partial charge in [0.25, 0.3) is 0 Å². The highest BCUT2D eigenvalue weighted by molar-refractivity contribution is 5.64. The van der Waals surface area contributed by atoms with E-state index in [2.05, 4.69) is 21.9 Å². The number of phenolic OH excluding ortho intramolecular Hbond substituents is 1. The van der Waals surface area contributed by atoms with Crippen LogP contribution in [-0.4, -0.2) is 39.9 Å². The summed E-state index contributed by atoms with van der Waals surface area (Å²) in [4.78, 5) is 11.8. The monoisotopic (exact) mass is 303 g/mol. The van der Waals surface area contributed by atoms with Gasteiger partial charge in [0, 0.05) is 25.7 Å². The van der Waals surface area contributed by atoms with Crippen molar-refractivity contribution in [1.29, 1.82) is 0 Å². The van der Waals surface area contributed by atoms with Gasteiger partial charge in [-0.05, 0) is 18.6 Å². The van der Waals surface area contributed by atoms with Crippen LogP contribution in [0.1, 0.15) is 26.2 Å². The van der Waals surface area contributed by atoms with E-state index >= 15 is 0 Å². The van der Waals surface area contributed by atoms with E-state index in [9.17, 15) is 5.11 Å². The highest BCUT2D eigenvalue weighted by Gasteiger charge is 2.08. The van der Waals surface area contributed by atoms with Crippen molar-refractivity contribution in [2.24, 2.45) is 0 Å². The maximum absolute atomic E-state index is 10.0. The van der Waals surface area contributed by atoms with E-state index in [1.54, 1.807) is 18.2 Å². The van der Waals surface area contributed by atoms with Crippen LogP contribution in [0, 0.1) is 0 Å². The number of rotatable bonds is 9. The minimum Gasteiger partial charge on any atom is -0.507 e. The summed E-state index contributed by atoms with van der Waals surface area (Å²) in [5.41, 5.74) is 0.553. The molecule has 0 bridgehead atoms. The molecule has 1 aromatic heterocycles. The van der Waals surface area contributed by atoms with E-state index in [1.807, 2.05) is 0 Å². The fourth-order valence-corrected chi connectivity index (χ4v) is 1.87. The second-order valence-electron chi connectivity index (χ2n) is 4.81. The van der Waals surface area contributed by atoms with Gasteiger partial charge in [0.1, 0.15) is 24.2 Å². The summed E-state index contributed by atoms with van der Waals surface area (Å²) in [7, 11) is 0. The molecule has 6 nitrogen and oxygen atoms in total. The molecule has 2 rings (SSSR count). The molecule has 0 saturated heterocycles. The molecule has 0 aliphatic carbocycles. The van der Waals surface area contributed by atoms with Crippen LogP contribution in [0.3, 0.4) is 0 Å². The van der Waals surface area contributed by atoms with Gasteiger partial charge in [-0.3, -0.25) is 0 Å². The Morgan fingerprint density at radius 2 is 1.82 bits per heavy atom. The number of nitrogens with zero attached hydrogens (tertiary/aromatic N) is 3. The molecule has 1 N–H and O–H groups in total. The molecule has 0 aliphatic heterocycles. The first-order valence-electron chi connectivity index (χ1n) is 7.47. The fourth-order valence-electron chi connectivity index (χ4n) is 1.87. The number of aromatic nitrogens is 3. The van der Waals surface area contributed by atoms with Crippen molar-refractivity contribution in [2.75, 3.05) is 19.8 Å². The Bertz CT molecular complexity index is 564. The molecule has 0 amide bonds. The molecular weight excluding hydrogens is 282 g/mol. The molecule has 1 heterocycles. The minimum absolute atomic E-state index is 0.0860. The lowest BCUT2D eigenvalue weighted by atomic mass is 10.2. The van der Waals surface area contributed by atoms with Gasteiger partial charge >= 0.3 is 0 Å². The number of benzene rings is 1. The highest BCUT2D eigenvalue weighted by atomic mass is 16.5. The van der Waals surface area contributed by atoms with Crippen LogP contribution < -0.4 is 4.74 Å². The molecule has 0 aliphatic rings. The van der Waals surface area contributed by atoms with Gasteiger partial charge in [0.2, 0.25) is 0 Å². The third-order valence-corrected chi connectivity index (χ3v) is 3.05. The van der Waals surface area contributed by atoms with Crippen molar-refractivity contribution >= 4 is 0 Å². The minimum atomic E-state index is 0.0860. The number of aromatic hydroxyl groups is 1. The topological polar surface area (TPSA) is 77.4 Å². The van der Waals surface area contributed by atoms with Gasteiger partial charge in [0.05, 0.1) is 12.2 Å². The third-order valence-electron chi connectivity index (χ3n) is 3.05. The summed E-state index contributed by atoms with van der Waals surface area (Å²) < 4.78 is 11.1. The lowest BCUT2D eigenvalue weighted by Gasteiger charge is -2.09. The van der Waals surface area contributed by atoms with Crippen molar-refractivity contribution < 1.29 is 14.6 Å². The number of hydrogen-bond donors (Lipinski definition) is 1. The number of hydrogen-bond acceptors (Lipinski definition) is 6. The standard InChI is InChI=1S/C16H21N3O3/c1-2-3-7-21-8-4-9-22-13-5-6-14(15(20)10-13)16-18-11-17-12-19-16/h5-6,10-12,20H,2-4,7-9H2,1H3. The summed E-state index contributed by atoms with van der Waals surface area (Å²) in [6.07, 6.45) is 5.84. The molecule has 2 aromatic rings. The van der Waals surface area contributed by atoms with E-state index in [4.69, 9.17) is 9.47 Å². The fraction of sp³-hybridized carbons (Fsp3) is 0.438. The second-order valence-corrected chi connectivity index (χ2v) is 4.81. The highest BCUT2D eigenvalue weighted by Crippen LogP contribution is 2.29. The van der Waals surface area contributed by atoms with Crippen LogP contribution in [0.2, 0.25) is 0 Å². The molecule has 0 saturated carbocycles. The third kappa shape index (κ3) is 4.96. The number of ether oxygens (including phenoxy) is 2. The van der Waals surface area contributed by atoms with Crippen molar-refractivity contribution in [3.63, 3.8) is 0 Å². The Kier molecular flexibility index (Phi) is 6.57. The molecule has 0 spiro atoms. The molecule has 6 heteroatoms.